The van der Waals surface area contributed by atoms with Gasteiger partial charge in [-0.3, -0.25) is 9.59 Å². The zero-order chi connectivity index (χ0) is 24.4. The number of rotatable bonds is 6. The molecule has 0 spiro atoms. The van der Waals surface area contributed by atoms with Gasteiger partial charge < -0.3 is 20.1 Å². The molecule has 4 atom stereocenters. The SMILES string of the molecule is CC(C)=CC[C@@]1(C)C(=O)C(C(=O)C(C)C)=C(O)C([C@H]2C[C@]3(C(C)(C)O)CC[C@@]2(C)O3)=C1O. The molecule has 0 amide bonds. The zero-order valence-electron chi connectivity index (χ0n) is 20.6. The standard InChI is InChI=1S/C26H38O6/c1-14(2)9-10-24(7)21(29)17(20(28)18(22(24)30)19(27)15(3)4)16-13-26(23(5,6)31)12-11-25(16,8)32-26/h9,15-16,28-29,31H,10-13H2,1-8H3/t16-,24-,25-,26+/m1/s1. The monoisotopic (exact) mass is 446 g/mol. The molecule has 1 aliphatic carbocycles. The maximum atomic E-state index is 13.5. The van der Waals surface area contributed by atoms with Crippen molar-refractivity contribution in [3.8, 4) is 0 Å². The number of carbonyl (C=O) groups is 2. The second-order valence-electron chi connectivity index (χ2n) is 11.4. The Morgan fingerprint density at radius 3 is 2.28 bits per heavy atom. The van der Waals surface area contributed by atoms with Gasteiger partial charge in [-0.15, -0.1) is 0 Å². The minimum Gasteiger partial charge on any atom is -0.511 e. The van der Waals surface area contributed by atoms with E-state index in [4.69, 9.17) is 4.74 Å². The molecule has 6 nitrogen and oxygen atoms in total. The molecule has 3 N–H and O–H groups in total. The summed E-state index contributed by atoms with van der Waals surface area (Å²) in [5, 5.41) is 33.6. The van der Waals surface area contributed by atoms with Crippen LogP contribution in [0.15, 0.2) is 34.3 Å². The normalized spacial score (nSPS) is 35.2. The molecule has 2 heterocycles. The highest BCUT2D eigenvalue weighted by Gasteiger charge is 2.66. The van der Waals surface area contributed by atoms with E-state index < -0.39 is 51.4 Å². The summed E-state index contributed by atoms with van der Waals surface area (Å²) in [6.45, 7) is 14.2. The Balaban J connectivity index is 2.24. The number of ether oxygens (including phenoxy) is 1. The molecule has 6 heteroatoms. The smallest absolute Gasteiger partial charge is 0.183 e. The number of aliphatic hydroxyl groups excluding tert-OH is 2. The van der Waals surface area contributed by atoms with Gasteiger partial charge in [-0.2, -0.15) is 0 Å². The zero-order valence-corrected chi connectivity index (χ0v) is 20.6. The lowest BCUT2D eigenvalue weighted by Crippen LogP contribution is -2.48. The van der Waals surface area contributed by atoms with Gasteiger partial charge in [0.25, 0.3) is 0 Å². The van der Waals surface area contributed by atoms with E-state index in [0.29, 0.717) is 19.3 Å². The second-order valence-corrected chi connectivity index (χ2v) is 11.4. The molecule has 3 rings (SSSR count). The number of hydrogen-bond acceptors (Lipinski definition) is 6. The molecule has 0 aromatic heterocycles. The van der Waals surface area contributed by atoms with Crippen LogP contribution >= 0.6 is 0 Å². The number of ketones is 2. The van der Waals surface area contributed by atoms with E-state index in [1.807, 2.05) is 26.8 Å². The number of fused-ring (bicyclic) bond motifs is 2. The molecule has 0 aromatic carbocycles. The third-order valence-electron chi connectivity index (χ3n) is 7.88. The first-order valence-electron chi connectivity index (χ1n) is 11.5. The van der Waals surface area contributed by atoms with E-state index in [-0.39, 0.29) is 23.3 Å². The van der Waals surface area contributed by atoms with E-state index in [9.17, 15) is 24.9 Å². The van der Waals surface area contributed by atoms with Crippen molar-refractivity contribution < 1.29 is 29.6 Å². The lowest BCUT2D eigenvalue weighted by molar-refractivity contribution is -0.149. The largest absolute Gasteiger partial charge is 0.511 e. The Kier molecular flexibility index (Phi) is 5.84. The van der Waals surface area contributed by atoms with Gasteiger partial charge in [-0.25, -0.2) is 0 Å². The third kappa shape index (κ3) is 3.47. The Bertz CT molecular complexity index is 942. The van der Waals surface area contributed by atoms with Crippen molar-refractivity contribution >= 4 is 11.6 Å². The molecule has 0 saturated carbocycles. The highest BCUT2D eigenvalue weighted by atomic mass is 16.6. The fraction of sp³-hybridized carbons (Fsp3) is 0.692. The first-order valence-corrected chi connectivity index (χ1v) is 11.5. The van der Waals surface area contributed by atoms with Crippen molar-refractivity contribution in [1.29, 1.82) is 0 Å². The summed E-state index contributed by atoms with van der Waals surface area (Å²) < 4.78 is 6.40. The quantitative estimate of drug-likeness (QED) is 0.397. The van der Waals surface area contributed by atoms with E-state index >= 15 is 0 Å². The van der Waals surface area contributed by atoms with Crippen LogP contribution in [0.5, 0.6) is 0 Å². The molecule has 0 radical (unpaired) electrons. The van der Waals surface area contributed by atoms with E-state index in [2.05, 4.69) is 0 Å². The molecule has 178 valence electrons. The molecular formula is C26H38O6. The Labute approximate surface area is 191 Å². The van der Waals surface area contributed by atoms with Crippen LogP contribution in [0.1, 0.15) is 81.1 Å². The first kappa shape index (κ1) is 24.7. The van der Waals surface area contributed by atoms with Crippen molar-refractivity contribution in [2.45, 2.75) is 97.9 Å². The summed E-state index contributed by atoms with van der Waals surface area (Å²) in [7, 11) is 0. The van der Waals surface area contributed by atoms with Crippen molar-refractivity contribution in [2.75, 3.05) is 0 Å². The summed E-state index contributed by atoms with van der Waals surface area (Å²) in [5.74, 6) is -2.58. The summed E-state index contributed by atoms with van der Waals surface area (Å²) in [4.78, 5) is 26.6. The average Bonchev–Trinajstić information content (AvgIpc) is 3.17. The predicted octanol–water partition coefficient (Wildman–Crippen LogP) is 4.88. The van der Waals surface area contributed by atoms with Crippen LogP contribution in [-0.4, -0.2) is 43.7 Å². The van der Waals surface area contributed by atoms with Gasteiger partial charge in [0.1, 0.15) is 17.1 Å². The second kappa shape index (κ2) is 7.56. The molecule has 2 saturated heterocycles. The van der Waals surface area contributed by atoms with Gasteiger partial charge in [-0.1, -0.05) is 25.5 Å². The lowest BCUT2D eigenvalue weighted by atomic mass is 9.62. The third-order valence-corrected chi connectivity index (χ3v) is 7.88. The van der Waals surface area contributed by atoms with Crippen LogP contribution in [0.3, 0.4) is 0 Å². The summed E-state index contributed by atoms with van der Waals surface area (Å²) in [6.07, 6.45) is 3.76. The maximum Gasteiger partial charge on any atom is 0.183 e. The highest BCUT2D eigenvalue weighted by Crippen LogP contribution is 2.62. The van der Waals surface area contributed by atoms with E-state index in [0.717, 1.165) is 5.57 Å². The van der Waals surface area contributed by atoms with Crippen LogP contribution in [0.4, 0.5) is 0 Å². The molecular weight excluding hydrogens is 408 g/mol. The Hall–Kier alpha value is -1.92. The fourth-order valence-corrected chi connectivity index (χ4v) is 5.50. The van der Waals surface area contributed by atoms with Crippen molar-refractivity contribution in [2.24, 2.45) is 17.3 Å². The molecule has 2 aliphatic heterocycles. The summed E-state index contributed by atoms with van der Waals surface area (Å²) in [5.41, 5.74) is -3.07. The minimum absolute atomic E-state index is 0.203. The van der Waals surface area contributed by atoms with Crippen LogP contribution in [-0.2, 0) is 14.3 Å². The number of aliphatic hydroxyl groups is 3. The van der Waals surface area contributed by atoms with Gasteiger partial charge in [0.05, 0.1) is 22.2 Å². The molecule has 0 unspecified atom stereocenters. The number of Topliss-reactive ketones (excluding diaryl/α,β-unsaturated/α-hetero) is 2. The van der Waals surface area contributed by atoms with E-state index in [1.165, 1.54) is 0 Å². The Morgan fingerprint density at radius 1 is 1.22 bits per heavy atom. The van der Waals surface area contributed by atoms with Gasteiger partial charge in [0.15, 0.2) is 11.6 Å². The van der Waals surface area contributed by atoms with Crippen molar-refractivity contribution in [3.63, 3.8) is 0 Å². The maximum absolute atomic E-state index is 13.5. The first-order chi connectivity index (χ1) is 14.5. The van der Waals surface area contributed by atoms with Gasteiger partial charge in [-0.05, 0) is 67.2 Å². The fourth-order valence-electron chi connectivity index (χ4n) is 5.50. The van der Waals surface area contributed by atoms with E-state index in [1.54, 1.807) is 34.6 Å². The minimum atomic E-state index is -1.36. The molecule has 2 bridgehead atoms. The van der Waals surface area contributed by atoms with Crippen LogP contribution in [0, 0.1) is 17.3 Å². The Morgan fingerprint density at radius 2 is 1.81 bits per heavy atom. The highest BCUT2D eigenvalue weighted by molar-refractivity contribution is 6.24. The predicted molar refractivity (Wildman–Crippen MR) is 122 cm³/mol. The van der Waals surface area contributed by atoms with Crippen LogP contribution in [0.25, 0.3) is 0 Å². The molecule has 3 aliphatic rings. The van der Waals surface area contributed by atoms with Crippen LogP contribution < -0.4 is 0 Å². The molecule has 2 fully saturated rings. The molecule has 32 heavy (non-hydrogen) atoms. The lowest BCUT2D eigenvalue weighted by Gasteiger charge is -2.40. The van der Waals surface area contributed by atoms with Crippen LogP contribution in [0.2, 0.25) is 0 Å². The summed E-state index contributed by atoms with van der Waals surface area (Å²) in [6, 6.07) is 0. The number of carbonyl (C=O) groups excluding carboxylic acids is 2. The van der Waals surface area contributed by atoms with Crippen molar-refractivity contribution in [3.05, 3.63) is 34.3 Å². The van der Waals surface area contributed by atoms with Gasteiger partial charge in [0.2, 0.25) is 0 Å². The topological polar surface area (TPSA) is 104 Å². The van der Waals surface area contributed by atoms with Gasteiger partial charge in [0, 0.05) is 17.4 Å². The average molecular weight is 447 g/mol. The van der Waals surface area contributed by atoms with Gasteiger partial charge >= 0.3 is 0 Å². The summed E-state index contributed by atoms with van der Waals surface area (Å²) >= 11 is 0. The van der Waals surface area contributed by atoms with Crippen molar-refractivity contribution in [1.82, 2.24) is 0 Å². The number of hydrogen-bond donors (Lipinski definition) is 3. The molecule has 0 aromatic rings. The number of allylic oxidation sites excluding steroid dienone is 5.